The first-order valence-electron chi connectivity index (χ1n) is 7.68. The number of aromatic nitrogens is 2. The van der Waals surface area contributed by atoms with Crippen molar-refractivity contribution in [1.29, 1.82) is 0 Å². The van der Waals surface area contributed by atoms with E-state index >= 15 is 0 Å². The van der Waals surface area contributed by atoms with E-state index in [2.05, 4.69) is 26.1 Å². The lowest BCUT2D eigenvalue weighted by atomic mass is 10.0. The van der Waals surface area contributed by atoms with Gasteiger partial charge >= 0.3 is 0 Å². The smallest absolute Gasteiger partial charge is 0.171 e. The summed E-state index contributed by atoms with van der Waals surface area (Å²) in [7, 11) is 0. The molecule has 0 aliphatic rings. The van der Waals surface area contributed by atoms with E-state index in [1.54, 1.807) is 24.3 Å². The molecule has 0 bridgehead atoms. The SMILES string of the molecule is O=C(Cc1ccnnc1)c1cc(Br)ccc1OCc1ccc(F)c(F)c1. The molecule has 1 heterocycles. The second-order valence-electron chi connectivity index (χ2n) is 5.53. The maximum Gasteiger partial charge on any atom is 0.171 e. The van der Waals surface area contributed by atoms with Crippen LogP contribution in [-0.2, 0) is 13.0 Å². The first kappa shape index (κ1) is 18.1. The van der Waals surface area contributed by atoms with E-state index in [9.17, 15) is 13.6 Å². The number of hydrogen-bond donors (Lipinski definition) is 0. The molecular formula is C19H13BrF2N2O2. The van der Waals surface area contributed by atoms with Crippen molar-refractivity contribution in [3.63, 3.8) is 0 Å². The summed E-state index contributed by atoms with van der Waals surface area (Å²) < 4.78 is 32.7. The molecule has 0 saturated carbocycles. The van der Waals surface area contributed by atoms with Gasteiger partial charge in [0.25, 0.3) is 0 Å². The molecule has 0 spiro atoms. The number of nitrogens with zero attached hydrogens (tertiary/aromatic N) is 2. The van der Waals surface area contributed by atoms with Crippen LogP contribution in [0.2, 0.25) is 0 Å². The van der Waals surface area contributed by atoms with Crippen LogP contribution in [0.15, 0.2) is 59.3 Å². The Morgan fingerprint density at radius 1 is 1.00 bits per heavy atom. The summed E-state index contributed by atoms with van der Waals surface area (Å²) in [5, 5.41) is 7.44. The molecule has 0 aliphatic heterocycles. The minimum absolute atomic E-state index is 0.00985. The quantitative estimate of drug-likeness (QED) is 0.552. The lowest BCUT2D eigenvalue weighted by Crippen LogP contribution is -2.08. The summed E-state index contributed by atoms with van der Waals surface area (Å²) in [5.41, 5.74) is 1.58. The molecule has 7 heteroatoms. The van der Waals surface area contributed by atoms with E-state index in [-0.39, 0.29) is 18.8 Å². The fourth-order valence-electron chi connectivity index (χ4n) is 2.34. The Hall–Kier alpha value is -2.67. The third kappa shape index (κ3) is 4.49. The monoisotopic (exact) mass is 418 g/mol. The minimum Gasteiger partial charge on any atom is -0.488 e. The lowest BCUT2D eigenvalue weighted by Gasteiger charge is -2.12. The summed E-state index contributed by atoms with van der Waals surface area (Å²) in [4.78, 5) is 12.6. The van der Waals surface area contributed by atoms with Crippen molar-refractivity contribution >= 4 is 21.7 Å². The standard InChI is InChI=1S/C19H13BrF2N2O2/c20-14-2-4-19(26-11-13-1-3-16(21)17(22)7-13)15(9-14)18(25)8-12-5-6-23-24-10-12/h1-7,9-10H,8,11H2. The highest BCUT2D eigenvalue weighted by Gasteiger charge is 2.15. The maximum absolute atomic E-state index is 13.3. The molecule has 0 atom stereocenters. The van der Waals surface area contributed by atoms with Crippen molar-refractivity contribution in [1.82, 2.24) is 10.2 Å². The predicted molar refractivity (Wildman–Crippen MR) is 94.9 cm³/mol. The normalized spacial score (nSPS) is 10.6. The van der Waals surface area contributed by atoms with Crippen LogP contribution in [0.3, 0.4) is 0 Å². The molecule has 0 N–H and O–H groups in total. The first-order valence-corrected chi connectivity index (χ1v) is 8.47. The maximum atomic E-state index is 13.3. The van der Waals surface area contributed by atoms with Crippen LogP contribution < -0.4 is 4.74 Å². The Kier molecular flexibility index (Phi) is 5.68. The van der Waals surface area contributed by atoms with Crippen LogP contribution in [0.25, 0.3) is 0 Å². The molecule has 0 fully saturated rings. The third-order valence-electron chi connectivity index (χ3n) is 3.63. The van der Waals surface area contributed by atoms with Gasteiger partial charge in [-0.3, -0.25) is 4.79 Å². The van der Waals surface area contributed by atoms with Gasteiger partial charge in [-0.05, 0) is 47.5 Å². The van der Waals surface area contributed by atoms with Crippen molar-refractivity contribution < 1.29 is 18.3 Å². The number of carbonyl (C=O) groups excluding carboxylic acids is 1. The summed E-state index contributed by atoms with van der Waals surface area (Å²) in [6, 6.07) is 10.3. The zero-order valence-corrected chi connectivity index (χ0v) is 15.0. The lowest BCUT2D eigenvalue weighted by molar-refractivity contribution is 0.0988. The van der Waals surface area contributed by atoms with Gasteiger partial charge in [-0.15, -0.1) is 0 Å². The van der Waals surface area contributed by atoms with Crippen molar-refractivity contribution in [3.8, 4) is 5.75 Å². The fourth-order valence-corrected chi connectivity index (χ4v) is 2.70. The van der Waals surface area contributed by atoms with Crippen LogP contribution in [0.4, 0.5) is 8.78 Å². The molecule has 1 aromatic heterocycles. The van der Waals surface area contributed by atoms with Gasteiger partial charge in [0.1, 0.15) is 12.4 Å². The third-order valence-corrected chi connectivity index (χ3v) is 4.12. The molecule has 26 heavy (non-hydrogen) atoms. The average Bonchev–Trinajstić information content (AvgIpc) is 2.64. The summed E-state index contributed by atoms with van der Waals surface area (Å²) in [6.07, 6.45) is 3.19. The molecule has 0 saturated heterocycles. The molecule has 0 amide bonds. The van der Waals surface area contributed by atoms with E-state index in [1.807, 2.05) is 0 Å². The molecule has 0 aliphatic carbocycles. The second-order valence-corrected chi connectivity index (χ2v) is 6.44. The number of benzene rings is 2. The van der Waals surface area contributed by atoms with Crippen LogP contribution in [0.1, 0.15) is 21.5 Å². The molecule has 0 radical (unpaired) electrons. The van der Waals surface area contributed by atoms with Gasteiger partial charge in [-0.1, -0.05) is 22.0 Å². The van der Waals surface area contributed by atoms with Gasteiger partial charge < -0.3 is 4.74 Å². The molecular weight excluding hydrogens is 406 g/mol. The van der Waals surface area contributed by atoms with Crippen molar-refractivity contribution in [2.45, 2.75) is 13.0 Å². The highest BCUT2D eigenvalue weighted by molar-refractivity contribution is 9.10. The van der Waals surface area contributed by atoms with E-state index < -0.39 is 11.6 Å². The highest BCUT2D eigenvalue weighted by atomic mass is 79.9. The first-order chi connectivity index (χ1) is 12.5. The van der Waals surface area contributed by atoms with Crippen LogP contribution in [0, 0.1) is 11.6 Å². The van der Waals surface area contributed by atoms with E-state index in [1.165, 1.54) is 18.5 Å². The van der Waals surface area contributed by atoms with Gasteiger partial charge in [0.05, 0.1) is 11.8 Å². The van der Waals surface area contributed by atoms with Crippen LogP contribution in [0.5, 0.6) is 5.75 Å². The minimum atomic E-state index is -0.941. The number of Topliss-reactive ketones (excluding diaryl/α,β-unsaturated/α-hetero) is 1. The molecule has 0 unspecified atom stereocenters. The topological polar surface area (TPSA) is 52.1 Å². The summed E-state index contributed by atoms with van der Waals surface area (Å²) in [6.45, 7) is 0.00985. The predicted octanol–water partition coefficient (Wildman–Crippen LogP) is 4.52. The van der Waals surface area contributed by atoms with Crippen molar-refractivity contribution in [3.05, 3.63) is 87.7 Å². The number of hydrogen-bond acceptors (Lipinski definition) is 4. The number of halogens is 3. The van der Waals surface area contributed by atoms with Crippen molar-refractivity contribution in [2.24, 2.45) is 0 Å². The van der Waals surface area contributed by atoms with Gasteiger partial charge in [0, 0.05) is 17.1 Å². The highest BCUT2D eigenvalue weighted by Crippen LogP contribution is 2.26. The molecule has 132 valence electrons. The Morgan fingerprint density at radius 2 is 1.85 bits per heavy atom. The fraction of sp³-hybridized carbons (Fsp3) is 0.105. The van der Waals surface area contributed by atoms with Crippen LogP contribution >= 0.6 is 15.9 Å². The van der Waals surface area contributed by atoms with Gasteiger partial charge in [-0.25, -0.2) is 8.78 Å². The Labute approximate surface area is 157 Å². The number of carbonyl (C=O) groups is 1. The molecule has 3 aromatic rings. The largest absolute Gasteiger partial charge is 0.488 e. The summed E-state index contributed by atoms with van der Waals surface area (Å²) >= 11 is 3.34. The summed E-state index contributed by atoms with van der Waals surface area (Å²) in [5.74, 6) is -1.65. The second kappa shape index (κ2) is 8.14. The molecule has 2 aromatic carbocycles. The zero-order chi connectivity index (χ0) is 18.5. The van der Waals surface area contributed by atoms with Gasteiger partial charge in [-0.2, -0.15) is 10.2 Å². The number of ether oxygens (including phenoxy) is 1. The average molecular weight is 419 g/mol. The Balaban J connectivity index is 1.79. The van der Waals surface area contributed by atoms with E-state index in [0.717, 1.165) is 22.2 Å². The Morgan fingerprint density at radius 3 is 2.58 bits per heavy atom. The zero-order valence-electron chi connectivity index (χ0n) is 13.5. The van der Waals surface area contributed by atoms with Crippen molar-refractivity contribution in [2.75, 3.05) is 0 Å². The molecule has 4 nitrogen and oxygen atoms in total. The van der Waals surface area contributed by atoms with Gasteiger partial charge in [0.15, 0.2) is 17.4 Å². The van der Waals surface area contributed by atoms with Crippen LogP contribution in [-0.4, -0.2) is 16.0 Å². The Bertz CT molecular complexity index is 936. The number of ketones is 1. The van der Waals surface area contributed by atoms with E-state index in [0.29, 0.717) is 16.9 Å². The van der Waals surface area contributed by atoms with Gasteiger partial charge in [0.2, 0.25) is 0 Å². The number of rotatable bonds is 6. The van der Waals surface area contributed by atoms with E-state index in [4.69, 9.17) is 4.74 Å². The molecule has 3 rings (SSSR count).